The lowest BCUT2D eigenvalue weighted by molar-refractivity contribution is -0.136. The van der Waals surface area contributed by atoms with Gasteiger partial charge in [0.25, 0.3) is 0 Å². The number of rotatable bonds is 6. The number of hydrogen-bond donors (Lipinski definition) is 1. The fourth-order valence-corrected chi connectivity index (χ4v) is 2.51. The molecule has 1 aliphatic carbocycles. The molecule has 1 unspecified atom stereocenters. The van der Waals surface area contributed by atoms with Gasteiger partial charge in [0.2, 0.25) is 5.91 Å². The molecule has 2 atom stereocenters. The van der Waals surface area contributed by atoms with E-state index in [4.69, 9.17) is 5.73 Å². The summed E-state index contributed by atoms with van der Waals surface area (Å²) in [7, 11) is 0. The lowest BCUT2D eigenvalue weighted by Crippen LogP contribution is -2.50. The van der Waals surface area contributed by atoms with E-state index in [1.165, 1.54) is 18.4 Å². The van der Waals surface area contributed by atoms with Crippen molar-refractivity contribution in [3.63, 3.8) is 0 Å². The highest BCUT2D eigenvalue weighted by atomic mass is 16.2. The molecule has 1 amide bonds. The molecule has 20 heavy (non-hydrogen) atoms. The van der Waals surface area contributed by atoms with Crippen LogP contribution in [0.3, 0.4) is 0 Å². The summed E-state index contributed by atoms with van der Waals surface area (Å²) in [5, 5.41) is 0. The number of hydrogen-bond acceptors (Lipinski definition) is 2. The topological polar surface area (TPSA) is 46.3 Å². The van der Waals surface area contributed by atoms with Crippen LogP contribution in [0, 0.1) is 11.8 Å². The second kappa shape index (κ2) is 6.40. The predicted octanol–water partition coefficient (Wildman–Crippen LogP) is 2.80. The average molecular weight is 274 g/mol. The SMILES string of the molecule is CC(C)[C@H](N)C(=O)N(Cc1ccccc1)C(C)C1CC1. The van der Waals surface area contributed by atoms with Crippen LogP contribution in [0.25, 0.3) is 0 Å². The van der Waals surface area contributed by atoms with Crippen molar-refractivity contribution in [1.82, 2.24) is 4.90 Å². The molecule has 2 rings (SSSR count). The molecular weight excluding hydrogens is 248 g/mol. The Balaban J connectivity index is 2.14. The Morgan fingerprint density at radius 2 is 1.85 bits per heavy atom. The van der Waals surface area contributed by atoms with Gasteiger partial charge in [-0.2, -0.15) is 0 Å². The molecule has 1 aromatic rings. The van der Waals surface area contributed by atoms with Gasteiger partial charge in [-0.1, -0.05) is 44.2 Å². The van der Waals surface area contributed by atoms with Gasteiger partial charge in [-0.3, -0.25) is 4.79 Å². The third kappa shape index (κ3) is 3.60. The van der Waals surface area contributed by atoms with Crippen LogP contribution in [0.1, 0.15) is 39.2 Å². The van der Waals surface area contributed by atoms with E-state index in [1.54, 1.807) is 0 Å². The van der Waals surface area contributed by atoms with E-state index in [2.05, 4.69) is 19.1 Å². The van der Waals surface area contributed by atoms with E-state index >= 15 is 0 Å². The molecule has 1 aromatic carbocycles. The van der Waals surface area contributed by atoms with Crippen molar-refractivity contribution >= 4 is 5.91 Å². The smallest absolute Gasteiger partial charge is 0.240 e. The van der Waals surface area contributed by atoms with Crippen LogP contribution in [0.5, 0.6) is 0 Å². The molecule has 3 nitrogen and oxygen atoms in total. The standard InChI is InChI=1S/C17H26N2O/c1-12(2)16(18)17(20)19(13(3)15-9-10-15)11-14-7-5-4-6-8-14/h4-8,12-13,15-16H,9-11,18H2,1-3H3/t13?,16-/m0/s1. The molecule has 3 heteroatoms. The molecule has 110 valence electrons. The molecule has 0 radical (unpaired) electrons. The minimum absolute atomic E-state index is 0.0863. The van der Waals surface area contributed by atoms with Crippen molar-refractivity contribution in [3.05, 3.63) is 35.9 Å². The van der Waals surface area contributed by atoms with E-state index < -0.39 is 6.04 Å². The maximum atomic E-state index is 12.7. The van der Waals surface area contributed by atoms with Gasteiger partial charge in [0.15, 0.2) is 0 Å². The van der Waals surface area contributed by atoms with Crippen LogP contribution < -0.4 is 5.73 Å². The van der Waals surface area contributed by atoms with Crippen molar-refractivity contribution in [2.45, 2.75) is 52.2 Å². The molecule has 2 N–H and O–H groups in total. The highest BCUT2D eigenvalue weighted by Gasteiger charge is 2.36. The molecule has 0 saturated heterocycles. The molecule has 0 aromatic heterocycles. The second-order valence-corrected chi connectivity index (χ2v) is 6.30. The lowest BCUT2D eigenvalue weighted by atomic mass is 10.0. The maximum absolute atomic E-state index is 12.7. The number of nitrogens with two attached hydrogens (primary N) is 1. The first-order chi connectivity index (χ1) is 9.50. The normalized spacial score (nSPS) is 17.9. The summed E-state index contributed by atoms with van der Waals surface area (Å²) in [6.45, 7) is 6.83. The Bertz CT molecular complexity index is 440. The highest BCUT2D eigenvalue weighted by Crippen LogP contribution is 2.36. The summed E-state index contributed by atoms with van der Waals surface area (Å²) in [5.74, 6) is 0.914. The van der Waals surface area contributed by atoms with Crippen molar-refractivity contribution in [2.24, 2.45) is 17.6 Å². The van der Waals surface area contributed by atoms with Gasteiger partial charge in [-0.25, -0.2) is 0 Å². The Labute approximate surface area is 122 Å². The third-order valence-electron chi connectivity index (χ3n) is 4.28. The first-order valence-corrected chi connectivity index (χ1v) is 7.60. The number of benzene rings is 1. The van der Waals surface area contributed by atoms with E-state index in [-0.39, 0.29) is 17.9 Å². The van der Waals surface area contributed by atoms with Gasteiger partial charge >= 0.3 is 0 Å². The Morgan fingerprint density at radius 3 is 2.35 bits per heavy atom. The zero-order valence-electron chi connectivity index (χ0n) is 12.8. The monoisotopic (exact) mass is 274 g/mol. The van der Waals surface area contributed by atoms with Gasteiger partial charge < -0.3 is 10.6 Å². The maximum Gasteiger partial charge on any atom is 0.240 e. The van der Waals surface area contributed by atoms with Crippen molar-refractivity contribution in [2.75, 3.05) is 0 Å². The average Bonchev–Trinajstić information content (AvgIpc) is 3.28. The predicted molar refractivity (Wildman–Crippen MR) is 82.0 cm³/mol. The Hall–Kier alpha value is -1.35. The molecule has 0 bridgehead atoms. The first kappa shape index (κ1) is 15.0. The van der Waals surface area contributed by atoms with Gasteiger partial charge in [-0.05, 0) is 37.2 Å². The molecule has 0 spiro atoms. The summed E-state index contributed by atoms with van der Waals surface area (Å²) in [4.78, 5) is 14.6. The van der Waals surface area contributed by atoms with Crippen LogP contribution >= 0.6 is 0 Å². The summed E-state index contributed by atoms with van der Waals surface area (Å²) in [5.41, 5.74) is 7.25. The van der Waals surface area contributed by atoms with E-state index in [9.17, 15) is 4.79 Å². The summed E-state index contributed by atoms with van der Waals surface area (Å²) < 4.78 is 0. The zero-order valence-corrected chi connectivity index (χ0v) is 12.8. The van der Waals surface area contributed by atoms with Crippen molar-refractivity contribution in [1.29, 1.82) is 0 Å². The van der Waals surface area contributed by atoms with E-state index in [0.29, 0.717) is 12.5 Å². The van der Waals surface area contributed by atoms with Gasteiger partial charge in [0, 0.05) is 12.6 Å². The van der Waals surface area contributed by atoms with Crippen molar-refractivity contribution in [3.8, 4) is 0 Å². The van der Waals surface area contributed by atoms with Gasteiger partial charge in [0.05, 0.1) is 6.04 Å². The summed E-state index contributed by atoms with van der Waals surface area (Å²) >= 11 is 0. The molecule has 0 aliphatic heterocycles. The van der Waals surface area contributed by atoms with Crippen LogP contribution in [0.15, 0.2) is 30.3 Å². The van der Waals surface area contributed by atoms with Crippen molar-refractivity contribution < 1.29 is 4.79 Å². The molecule has 1 fully saturated rings. The minimum atomic E-state index is -0.403. The quantitative estimate of drug-likeness (QED) is 0.867. The molecular formula is C17H26N2O. The fourth-order valence-electron chi connectivity index (χ4n) is 2.51. The first-order valence-electron chi connectivity index (χ1n) is 7.60. The number of carbonyl (C=O) groups excluding carboxylic acids is 1. The Kier molecular flexibility index (Phi) is 4.81. The van der Waals surface area contributed by atoms with Crippen LogP contribution in [-0.2, 0) is 11.3 Å². The third-order valence-corrected chi connectivity index (χ3v) is 4.28. The van der Waals surface area contributed by atoms with Gasteiger partial charge in [0.1, 0.15) is 0 Å². The molecule has 1 saturated carbocycles. The number of carbonyl (C=O) groups is 1. The Morgan fingerprint density at radius 1 is 1.25 bits per heavy atom. The van der Waals surface area contributed by atoms with Gasteiger partial charge in [-0.15, -0.1) is 0 Å². The highest BCUT2D eigenvalue weighted by molar-refractivity contribution is 5.82. The minimum Gasteiger partial charge on any atom is -0.334 e. The second-order valence-electron chi connectivity index (χ2n) is 6.30. The van der Waals surface area contributed by atoms with E-state index in [1.807, 2.05) is 36.9 Å². The number of nitrogens with zero attached hydrogens (tertiary/aromatic N) is 1. The summed E-state index contributed by atoms with van der Waals surface area (Å²) in [6, 6.07) is 10.1. The molecule has 0 heterocycles. The van der Waals surface area contributed by atoms with Crippen LogP contribution in [-0.4, -0.2) is 22.9 Å². The largest absolute Gasteiger partial charge is 0.334 e. The number of amides is 1. The van der Waals surface area contributed by atoms with E-state index in [0.717, 1.165) is 0 Å². The molecule has 1 aliphatic rings. The summed E-state index contributed by atoms with van der Waals surface area (Å²) in [6.07, 6.45) is 2.47. The fraction of sp³-hybridized carbons (Fsp3) is 0.588. The lowest BCUT2D eigenvalue weighted by Gasteiger charge is -2.33. The van der Waals surface area contributed by atoms with Crippen LogP contribution in [0.4, 0.5) is 0 Å². The zero-order chi connectivity index (χ0) is 14.7. The van der Waals surface area contributed by atoms with Crippen LogP contribution in [0.2, 0.25) is 0 Å².